The van der Waals surface area contributed by atoms with E-state index in [2.05, 4.69) is 10.3 Å². The van der Waals surface area contributed by atoms with Gasteiger partial charge in [-0.05, 0) is 50.1 Å². The van der Waals surface area contributed by atoms with Gasteiger partial charge in [-0.1, -0.05) is 17.4 Å². The Hall–Kier alpha value is -2.63. The van der Waals surface area contributed by atoms with Gasteiger partial charge >= 0.3 is 0 Å². The molecule has 1 aliphatic heterocycles. The summed E-state index contributed by atoms with van der Waals surface area (Å²) < 4.78 is 59.7. The van der Waals surface area contributed by atoms with Crippen molar-refractivity contribution in [2.45, 2.75) is 24.7 Å². The van der Waals surface area contributed by atoms with Gasteiger partial charge in [0.05, 0.1) is 16.2 Å². The molecule has 1 aliphatic rings. The maximum atomic E-state index is 13.5. The van der Waals surface area contributed by atoms with Crippen molar-refractivity contribution in [1.29, 1.82) is 0 Å². The van der Waals surface area contributed by atoms with Crippen LogP contribution in [0.25, 0.3) is 10.2 Å². The van der Waals surface area contributed by atoms with Crippen molar-refractivity contribution in [2.75, 3.05) is 25.0 Å². The molecule has 1 N–H and O–H groups in total. The van der Waals surface area contributed by atoms with E-state index in [0.717, 1.165) is 16.8 Å². The van der Waals surface area contributed by atoms with Crippen LogP contribution in [0.5, 0.6) is 5.75 Å². The van der Waals surface area contributed by atoms with Crippen LogP contribution in [0, 0.1) is 17.6 Å². The summed E-state index contributed by atoms with van der Waals surface area (Å²) in [6, 6.07) is 8.08. The fourth-order valence-corrected chi connectivity index (χ4v) is 5.97. The Morgan fingerprint density at radius 1 is 1.22 bits per heavy atom. The molecular formula is C21H21F2N3O4S2. The van der Waals surface area contributed by atoms with E-state index < -0.39 is 21.7 Å². The van der Waals surface area contributed by atoms with Crippen LogP contribution < -0.4 is 10.1 Å². The third-order valence-electron chi connectivity index (χ3n) is 5.27. The Bertz CT molecular complexity index is 1260. The van der Waals surface area contributed by atoms with Gasteiger partial charge in [0, 0.05) is 19.0 Å². The first-order chi connectivity index (χ1) is 15.3. The van der Waals surface area contributed by atoms with E-state index in [1.165, 1.54) is 15.6 Å². The molecule has 0 bridgehead atoms. The van der Waals surface area contributed by atoms with E-state index in [1.807, 2.05) is 25.1 Å². The highest BCUT2D eigenvalue weighted by atomic mass is 32.2. The number of piperidine rings is 1. The highest BCUT2D eigenvalue weighted by Gasteiger charge is 2.33. The van der Waals surface area contributed by atoms with Crippen molar-refractivity contribution < 1.29 is 26.7 Å². The van der Waals surface area contributed by atoms with E-state index in [4.69, 9.17) is 4.74 Å². The van der Waals surface area contributed by atoms with Gasteiger partial charge in [0.2, 0.25) is 15.9 Å². The van der Waals surface area contributed by atoms with E-state index in [-0.39, 0.29) is 29.8 Å². The summed E-state index contributed by atoms with van der Waals surface area (Å²) in [5.74, 6) is -2.29. The summed E-state index contributed by atoms with van der Waals surface area (Å²) in [4.78, 5) is 16.9. The molecule has 170 valence electrons. The van der Waals surface area contributed by atoms with Crippen LogP contribution in [0.1, 0.15) is 19.8 Å². The van der Waals surface area contributed by atoms with Gasteiger partial charge in [0.1, 0.15) is 11.3 Å². The van der Waals surface area contributed by atoms with Gasteiger partial charge in [-0.15, -0.1) is 0 Å². The number of hydrogen-bond acceptors (Lipinski definition) is 6. The van der Waals surface area contributed by atoms with Gasteiger partial charge in [0.25, 0.3) is 0 Å². The molecular weight excluding hydrogens is 460 g/mol. The number of rotatable bonds is 6. The average Bonchev–Trinajstić information content (AvgIpc) is 3.19. The molecule has 11 heteroatoms. The topological polar surface area (TPSA) is 88.6 Å². The van der Waals surface area contributed by atoms with Crippen molar-refractivity contribution in [3.8, 4) is 5.75 Å². The fraction of sp³-hybridized carbons (Fsp3) is 0.333. The fourth-order valence-electron chi connectivity index (χ4n) is 3.60. The standard InChI is InChI=1S/C21H21F2N3O4S2/c1-2-30-17-4-3-5-18-19(17)24-21(31-18)25-20(27)13-8-10-26(11-9-13)32(28,29)14-6-7-15(22)16(23)12-14/h3-7,12-13H,2,8-11H2,1H3,(H,24,25,27). The van der Waals surface area contributed by atoms with Gasteiger partial charge < -0.3 is 10.1 Å². The first-order valence-electron chi connectivity index (χ1n) is 10.1. The second-order valence-corrected chi connectivity index (χ2v) is 10.3. The lowest BCUT2D eigenvalue weighted by Crippen LogP contribution is -2.41. The normalized spacial score (nSPS) is 15.7. The van der Waals surface area contributed by atoms with Crippen LogP contribution in [0.4, 0.5) is 13.9 Å². The van der Waals surface area contributed by atoms with E-state index >= 15 is 0 Å². The molecule has 1 fully saturated rings. The Kier molecular flexibility index (Phi) is 6.40. The number of benzene rings is 2. The minimum atomic E-state index is -3.97. The monoisotopic (exact) mass is 481 g/mol. The molecule has 1 amide bonds. The minimum Gasteiger partial charge on any atom is -0.492 e. The minimum absolute atomic E-state index is 0.105. The van der Waals surface area contributed by atoms with Crippen LogP contribution in [-0.2, 0) is 14.8 Å². The number of carbonyl (C=O) groups is 1. The largest absolute Gasteiger partial charge is 0.492 e. The maximum absolute atomic E-state index is 13.5. The van der Waals surface area contributed by atoms with Gasteiger partial charge in [-0.3, -0.25) is 4.79 Å². The molecule has 4 rings (SSSR count). The number of para-hydroxylation sites is 1. The summed E-state index contributed by atoms with van der Waals surface area (Å²) >= 11 is 1.34. The zero-order chi connectivity index (χ0) is 22.9. The van der Waals surface area contributed by atoms with E-state index in [0.29, 0.717) is 41.9 Å². The summed E-state index contributed by atoms with van der Waals surface area (Å²) in [6.45, 7) is 2.60. The number of ether oxygens (including phenoxy) is 1. The smallest absolute Gasteiger partial charge is 0.243 e. The van der Waals surface area contributed by atoms with E-state index in [9.17, 15) is 22.0 Å². The molecule has 3 aromatic rings. The van der Waals surface area contributed by atoms with Gasteiger partial charge in [0.15, 0.2) is 16.8 Å². The number of fused-ring (bicyclic) bond motifs is 1. The molecule has 0 aliphatic carbocycles. The Labute approximate surface area is 188 Å². The maximum Gasteiger partial charge on any atom is 0.243 e. The highest BCUT2D eigenvalue weighted by molar-refractivity contribution is 7.89. The number of nitrogens with zero attached hydrogens (tertiary/aromatic N) is 2. The van der Waals surface area contributed by atoms with Gasteiger partial charge in [-0.25, -0.2) is 22.2 Å². The Balaban J connectivity index is 1.41. The lowest BCUT2D eigenvalue weighted by molar-refractivity contribution is -0.120. The van der Waals surface area contributed by atoms with Crippen molar-refractivity contribution in [3.05, 3.63) is 48.0 Å². The average molecular weight is 482 g/mol. The van der Waals surface area contributed by atoms with Crippen LogP contribution in [0.3, 0.4) is 0 Å². The SMILES string of the molecule is CCOc1cccc2sc(NC(=O)C3CCN(S(=O)(=O)c4ccc(F)c(F)c4)CC3)nc12. The number of sulfonamides is 1. The first kappa shape index (κ1) is 22.6. The van der Waals surface area contributed by atoms with Crippen molar-refractivity contribution >= 4 is 42.6 Å². The molecule has 0 spiro atoms. The lowest BCUT2D eigenvalue weighted by Gasteiger charge is -2.30. The summed E-state index contributed by atoms with van der Waals surface area (Å²) in [7, 11) is -3.97. The molecule has 0 saturated carbocycles. The molecule has 0 radical (unpaired) electrons. The molecule has 1 saturated heterocycles. The zero-order valence-corrected chi connectivity index (χ0v) is 18.8. The number of nitrogens with one attached hydrogen (secondary N) is 1. The number of carbonyl (C=O) groups excluding carboxylic acids is 1. The summed E-state index contributed by atoms with van der Waals surface area (Å²) in [6.07, 6.45) is 0.619. The van der Waals surface area contributed by atoms with Crippen LogP contribution in [-0.4, -0.2) is 43.3 Å². The molecule has 7 nitrogen and oxygen atoms in total. The van der Waals surface area contributed by atoms with Crippen LogP contribution in [0.15, 0.2) is 41.3 Å². The quantitative estimate of drug-likeness (QED) is 0.575. The van der Waals surface area contributed by atoms with Crippen molar-refractivity contribution in [3.63, 3.8) is 0 Å². The number of anilines is 1. The molecule has 2 aromatic carbocycles. The third kappa shape index (κ3) is 4.45. The second kappa shape index (κ2) is 9.08. The summed E-state index contributed by atoms with van der Waals surface area (Å²) in [5, 5.41) is 3.28. The Morgan fingerprint density at radius 2 is 1.97 bits per heavy atom. The Morgan fingerprint density at radius 3 is 2.66 bits per heavy atom. The third-order valence-corrected chi connectivity index (χ3v) is 8.10. The molecule has 0 atom stereocenters. The number of thiazole rings is 1. The second-order valence-electron chi connectivity index (χ2n) is 7.30. The number of aromatic nitrogens is 1. The predicted octanol–water partition coefficient (Wildman–Crippen LogP) is 4.01. The van der Waals surface area contributed by atoms with Gasteiger partial charge in [-0.2, -0.15) is 4.31 Å². The van der Waals surface area contributed by atoms with Crippen LogP contribution in [0.2, 0.25) is 0 Å². The number of hydrogen-bond donors (Lipinski definition) is 1. The number of amides is 1. The molecule has 0 unspecified atom stereocenters. The van der Waals surface area contributed by atoms with E-state index in [1.54, 1.807) is 0 Å². The highest BCUT2D eigenvalue weighted by Crippen LogP contribution is 2.33. The molecule has 32 heavy (non-hydrogen) atoms. The molecule has 2 heterocycles. The molecule has 1 aromatic heterocycles. The van der Waals surface area contributed by atoms with Crippen molar-refractivity contribution in [1.82, 2.24) is 9.29 Å². The first-order valence-corrected chi connectivity index (χ1v) is 12.3. The predicted molar refractivity (Wildman–Crippen MR) is 117 cm³/mol. The van der Waals surface area contributed by atoms with Crippen molar-refractivity contribution in [2.24, 2.45) is 5.92 Å². The summed E-state index contributed by atoms with van der Waals surface area (Å²) in [5.41, 5.74) is 0.682. The lowest BCUT2D eigenvalue weighted by atomic mass is 9.97. The zero-order valence-electron chi connectivity index (χ0n) is 17.2. The van der Waals surface area contributed by atoms with Crippen LogP contribution >= 0.6 is 11.3 Å². The number of halogens is 2.